The molecule has 0 saturated carbocycles. The van der Waals surface area contributed by atoms with E-state index in [4.69, 9.17) is 0 Å². The van der Waals surface area contributed by atoms with E-state index in [1.54, 1.807) is 47.0 Å². The second-order valence-electron chi connectivity index (χ2n) is 4.61. The van der Waals surface area contributed by atoms with Crippen LogP contribution in [0.15, 0.2) is 50.6 Å². The van der Waals surface area contributed by atoms with Gasteiger partial charge in [-0.3, -0.25) is 19.2 Å². The highest BCUT2D eigenvalue weighted by Gasteiger charge is 2.33. The van der Waals surface area contributed by atoms with Crippen molar-refractivity contribution in [2.24, 2.45) is 0 Å². The van der Waals surface area contributed by atoms with Crippen molar-refractivity contribution in [2.75, 3.05) is 26.1 Å². The molecule has 0 radical (unpaired) electrons. The zero-order valence-corrected chi connectivity index (χ0v) is 22.6. The molecule has 12 heteroatoms. The van der Waals surface area contributed by atoms with Crippen LogP contribution in [-0.4, -0.2) is 50.0 Å². The first kappa shape index (κ1) is 30.4. The average Bonchev–Trinajstić information content (AvgIpc) is 2.75. The van der Waals surface area contributed by atoms with Crippen LogP contribution in [0, 0.1) is 0 Å². The highest BCUT2D eigenvalue weighted by atomic mass is 32.3. The van der Waals surface area contributed by atoms with E-state index in [2.05, 4.69) is 26.3 Å². The van der Waals surface area contributed by atoms with Gasteiger partial charge in [-0.2, -0.15) is 0 Å². The van der Waals surface area contributed by atoms with Gasteiger partial charge in [0.1, 0.15) is 3.41 Å². The smallest absolute Gasteiger partial charge is 0.212 e. The Morgan fingerprint density at radius 3 is 1.17 bits per heavy atom. The van der Waals surface area contributed by atoms with Crippen molar-refractivity contribution in [1.29, 1.82) is 0 Å². The predicted octanol–water partition coefficient (Wildman–Crippen LogP) is 6.19. The number of rotatable bonds is 17. The highest BCUT2D eigenvalue weighted by Crippen LogP contribution is 2.52. The highest BCUT2D eigenvalue weighted by molar-refractivity contribution is 8.42. The van der Waals surface area contributed by atoms with Gasteiger partial charge in [-0.05, 0) is 24.3 Å². The van der Waals surface area contributed by atoms with Crippen LogP contribution in [0.1, 0.15) is 0 Å². The molecule has 0 aliphatic carbocycles. The molecule has 0 atom stereocenters. The van der Waals surface area contributed by atoms with Crippen LogP contribution < -0.4 is 0 Å². The van der Waals surface area contributed by atoms with Crippen LogP contribution in [0.5, 0.6) is 0 Å². The number of carbonyl (C=O) groups excluding carboxylic acids is 4. The first-order valence-electron chi connectivity index (χ1n) is 7.98. The number of carbonyl (C=O) groups is 4. The van der Waals surface area contributed by atoms with Gasteiger partial charge >= 0.3 is 0 Å². The zero-order chi connectivity index (χ0) is 22.8. The summed E-state index contributed by atoms with van der Waals surface area (Å²) in [5.41, 5.74) is 0. The lowest BCUT2D eigenvalue weighted by Crippen LogP contribution is -2.21. The van der Waals surface area contributed by atoms with Crippen molar-refractivity contribution in [2.45, 2.75) is 3.41 Å². The standard InChI is InChI=1S/C18H22O4S8/c1-5-14(19)24-10-23-9-18(28-11-25-15(20)6-2,29-12-26-16(21)7-3)30-13-27-17(22)8-4/h5-8H,1-4,9-13H2. The molecule has 0 aromatic heterocycles. The minimum atomic E-state index is -0.417. The van der Waals surface area contributed by atoms with E-state index < -0.39 is 3.41 Å². The molecular weight excluding hydrogens is 537 g/mol. The minimum absolute atomic E-state index is 0.0903. The summed E-state index contributed by atoms with van der Waals surface area (Å²) in [6.45, 7) is 13.9. The lowest BCUT2D eigenvalue weighted by Gasteiger charge is -2.31. The molecule has 0 fully saturated rings. The summed E-state index contributed by atoms with van der Waals surface area (Å²) in [6.07, 6.45) is 5.10. The van der Waals surface area contributed by atoms with Gasteiger partial charge in [0, 0.05) is 26.1 Å². The monoisotopic (exact) mass is 558 g/mol. The number of hydrogen-bond acceptors (Lipinski definition) is 12. The third kappa shape index (κ3) is 15.3. The molecule has 0 aromatic rings. The van der Waals surface area contributed by atoms with Crippen molar-refractivity contribution >= 4 is 115 Å². The maximum atomic E-state index is 11.6. The summed E-state index contributed by atoms with van der Waals surface area (Å²) >= 11 is 11.0. The van der Waals surface area contributed by atoms with Gasteiger partial charge in [0.25, 0.3) is 0 Å². The Balaban J connectivity index is 5.19. The Morgan fingerprint density at radius 1 is 0.567 bits per heavy atom. The largest absolute Gasteiger partial charge is 0.282 e. The maximum Gasteiger partial charge on any atom is 0.212 e. The average molecular weight is 559 g/mol. The molecule has 4 nitrogen and oxygen atoms in total. The Labute approximate surface area is 212 Å². The summed E-state index contributed by atoms with van der Waals surface area (Å²) in [6, 6.07) is 0. The third-order valence-electron chi connectivity index (χ3n) is 2.67. The van der Waals surface area contributed by atoms with Crippen LogP contribution >= 0.6 is 94.1 Å². The van der Waals surface area contributed by atoms with E-state index >= 15 is 0 Å². The first-order chi connectivity index (χ1) is 14.3. The van der Waals surface area contributed by atoms with Gasteiger partial charge in [-0.1, -0.05) is 73.4 Å². The topological polar surface area (TPSA) is 68.3 Å². The first-order valence-corrected chi connectivity index (χ1v) is 16.0. The van der Waals surface area contributed by atoms with Crippen LogP contribution in [0.4, 0.5) is 0 Å². The fourth-order valence-electron chi connectivity index (χ4n) is 1.28. The summed E-state index contributed by atoms with van der Waals surface area (Å²) in [5, 5.41) is 1.65. The molecule has 0 amide bonds. The van der Waals surface area contributed by atoms with Gasteiger partial charge in [-0.15, -0.1) is 47.0 Å². The van der Waals surface area contributed by atoms with Crippen LogP contribution in [-0.2, 0) is 19.2 Å². The fourth-order valence-corrected chi connectivity index (χ4v) is 12.7. The Bertz CT molecular complexity index is 586. The molecule has 0 aliphatic heterocycles. The van der Waals surface area contributed by atoms with Gasteiger partial charge in [0.05, 0.1) is 0 Å². The molecular formula is C18H22O4S8. The molecule has 0 aromatic carbocycles. The Kier molecular flexibility index (Phi) is 19.2. The molecule has 30 heavy (non-hydrogen) atoms. The molecule has 0 saturated heterocycles. The van der Waals surface area contributed by atoms with E-state index in [1.807, 2.05) is 0 Å². The van der Waals surface area contributed by atoms with Gasteiger partial charge in [0.2, 0.25) is 20.5 Å². The van der Waals surface area contributed by atoms with Crippen molar-refractivity contribution in [3.8, 4) is 0 Å². The zero-order valence-electron chi connectivity index (χ0n) is 16.1. The molecule has 0 rings (SSSR count). The summed E-state index contributed by atoms with van der Waals surface area (Å²) in [4.78, 5) is 46.2. The molecule has 0 aliphatic rings. The second-order valence-corrected chi connectivity index (χ2v) is 15.6. The lowest BCUT2D eigenvalue weighted by molar-refractivity contribution is -0.107. The van der Waals surface area contributed by atoms with E-state index in [0.29, 0.717) is 26.1 Å². The van der Waals surface area contributed by atoms with Crippen molar-refractivity contribution < 1.29 is 19.2 Å². The summed E-state index contributed by atoms with van der Waals surface area (Å²) in [5.74, 6) is 0.652. The third-order valence-corrected chi connectivity index (χ3v) is 13.5. The molecule has 166 valence electrons. The normalized spacial score (nSPS) is 10.8. The Morgan fingerprint density at radius 2 is 0.867 bits per heavy atom. The molecule has 0 bridgehead atoms. The van der Waals surface area contributed by atoms with E-state index in [-0.39, 0.29) is 20.5 Å². The minimum Gasteiger partial charge on any atom is -0.282 e. The van der Waals surface area contributed by atoms with E-state index in [0.717, 1.165) is 35.3 Å². The quantitative estimate of drug-likeness (QED) is 0.116. The Hall–Kier alpha value is 0.440. The molecule has 0 spiro atoms. The molecule has 0 unspecified atom stereocenters. The van der Waals surface area contributed by atoms with Gasteiger partial charge in [0.15, 0.2) is 0 Å². The number of thioether (sulfide) groups is 8. The summed E-state index contributed by atoms with van der Waals surface area (Å²) in [7, 11) is 0. The lowest BCUT2D eigenvalue weighted by atomic mass is 10.7. The van der Waals surface area contributed by atoms with Crippen molar-refractivity contribution in [1.82, 2.24) is 0 Å². The summed E-state index contributed by atoms with van der Waals surface area (Å²) < 4.78 is -0.417. The van der Waals surface area contributed by atoms with Crippen molar-refractivity contribution in [3.63, 3.8) is 0 Å². The molecule has 0 N–H and O–H groups in total. The van der Waals surface area contributed by atoms with Gasteiger partial charge in [-0.25, -0.2) is 0 Å². The maximum absolute atomic E-state index is 11.6. The predicted molar refractivity (Wildman–Crippen MR) is 149 cm³/mol. The fraction of sp³-hybridized carbons (Fsp3) is 0.333. The number of hydrogen-bond donors (Lipinski definition) is 0. The van der Waals surface area contributed by atoms with Crippen LogP contribution in [0.2, 0.25) is 0 Å². The molecule has 0 heterocycles. The van der Waals surface area contributed by atoms with Gasteiger partial charge < -0.3 is 0 Å². The van der Waals surface area contributed by atoms with Crippen LogP contribution in [0.3, 0.4) is 0 Å². The van der Waals surface area contributed by atoms with Crippen LogP contribution in [0.25, 0.3) is 0 Å². The van der Waals surface area contributed by atoms with E-state index in [1.165, 1.54) is 36.1 Å². The second kappa shape index (κ2) is 19.0. The SMILES string of the molecule is C=CC(=O)SCSCC(SCSC(=O)C=C)(SCSC(=O)C=C)SCSC(=O)C=C. The van der Waals surface area contributed by atoms with Crippen molar-refractivity contribution in [3.05, 3.63) is 50.6 Å². The van der Waals surface area contributed by atoms with E-state index in [9.17, 15) is 19.2 Å².